The quantitative estimate of drug-likeness (QED) is 0.744. The Hall–Kier alpha value is -1.52. The summed E-state index contributed by atoms with van der Waals surface area (Å²) in [6.45, 7) is -0.320. The molecule has 1 atom stereocenters. The largest absolute Gasteiger partial charge is 0.351 e. The molecule has 0 radical (unpaired) electrons. The highest BCUT2D eigenvalue weighted by molar-refractivity contribution is 7.92. The molecule has 7 nitrogen and oxygen atoms in total. The second-order valence-electron chi connectivity index (χ2n) is 5.77. The van der Waals surface area contributed by atoms with Gasteiger partial charge in [0.1, 0.15) is 5.82 Å². The third kappa shape index (κ3) is 5.25. The van der Waals surface area contributed by atoms with Crippen LogP contribution in [0.4, 0.5) is 4.39 Å². The average molecular weight is 378 g/mol. The van der Waals surface area contributed by atoms with Crippen LogP contribution in [-0.2, 0) is 31.2 Å². The summed E-state index contributed by atoms with van der Waals surface area (Å²) in [7, 11) is -6.99. The Balaban J connectivity index is 1.99. The zero-order chi connectivity index (χ0) is 18.0. The van der Waals surface area contributed by atoms with E-state index in [1.807, 2.05) is 0 Å². The van der Waals surface area contributed by atoms with Gasteiger partial charge in [0, 0.05) is 12.6 Å². The molecule has 0 spiro atoms. The number of halogens is 1. The van der Waals surface area contributed by atoms with E-state index >= 15 is 0 Å². The summed E-state index contributed by atoms with van der Waals surface area (Å²) < 4.78 is 60.6. The van der Waals surface area contributed by atoms with Gasteiger partial charge in [-0.2, -0.15) is 4.31 Å². The van der Waals surface area contributed by atoms with Crippen molar-refractivity contribution < 1.29 is 26.0 Å². The molecule has 1 aromatic rings. The Kier molecular flexibility index (Phi) is 5.61. The molecule has 1 aliphatic heterocycles. The number of hydrogen-bond donors (Lipinski definition) is 1. The maximum atomic E-state index is 12.8. The first-order valence-corrected chi connectivity index (χ1v) is 10.9. The molecule has 24 heavy (non-hydrogen) atoms. The van der Waals surface area contributed by atoms with Gasteiger partial charge in [-0.05, 0) is 24.1 Å². The SMILES string of the molecule is CS(=O)(=O)N(CC(=O)NCc1ccc(F)cc1)C1CCS(=O)(=O)C1. The highest BCUT2D eigenvalue weighted by atomic mass is 32.2. The zero-order valence-electron chi connectivity index (χ0n) is 13.1. The molecular weight excluding hydrogens is 359 g/mol. The predicted molar refractivity (Wildman–Crippen MR) is 86.9 cm³/mol. The van der Waals surface area contributed by atoms with Crippen molar-refractivity contribution in [3.05, 3.63) is 35.6 Å². The van der Waals surface area contributed by atoms with Crippen LogP contribution >= 0.6 is 0 Å². The summed E-state index contributed by atoms with van der Waals surface area (Å²) in [4.78, 5) is 12.0. The van der Waals surface area contributed by atoms with Crippen LogP contribution in [0.1, 0.15) is 12.0 Å². The van der Waals surface area contributed by atoms with E-state index in [1.54, 1.807) is 0 Å². The first-order valence-electron chi connectivity index (χ1n) is 7.25. The number of carbonyl (C=O) groups excluding carboxylic acids is 1. The molecule has 134 valence electrons. The van der Waals surface area contributed by atoms with Crippen LogP contribution in [0.25, 0.3) is 0 Å². The zero-order valence-corrected chi connectivity index (χ0v) is 14.7. The Morgan fingerprint density at radius 1 is 1.33 bits per heavy atom. The normalized spacial score (nSPS) is 20.2. The van der Waals surface area contributed by atoms with Crippen LogP contribution in [0.5, 0.6) is 0 Å². The highest BCUT2D eigenvalue weighted by Gasteiger charge is 2.37. The molecule has 0 aromatic heterocycles. The van der Waals surface area contributed by atoms with E-state index in [2.05, 4.69) is 5.32 Å². The van der Waals surface area contributed by atoms with E-state index in [4.69, 9.17) is 0 Å². The van der Waals surface area contributed by atoms with Gasteiger partial charge < -0.3 is 5.32 Å². The van der Waals surface area contributed by atoms with Crippen LogP contribution < -0.4 is 5.32 Å². The van der Waals surface area contributed by atoms with E-state index < -0.39 is 44.2 Å². The average Bonchev–Trinajstić information content (AvgIpc) is 2.82. The van der Waals surface area contributed by atoms with E-state index in [9.17, 15) is 26.0 Å². The molecule has 1 aromatic carbocycles. The van der Waals surface area contributed by atoms with Crippen LogP contribution in [0.2, 0.25) is 0 Å². The highest BCUT2D eigenvalue weighted by Crippen LogP contribution is 2.19. The van der Waals surface area contributed by atoms with E-state index in [-0.39, 0.29) is 24.5 Å². The Morgan fingerprint density at radius 2 is 1.96 bits per heavy atom. The standard InChI is InChI=1S/C14H19FN2O5S2/c1-23(19,20)17(13-6-7-24(21,22)10-13)9-14(18)16-8-11-2-4-12(15)5-3-11/h2-5,13H,6-10H2,1H3,(H,16,18). The molecule has 1 amide bonds. The number of sulfonamides is 1. The molecule has 1 aliphatic rings. The van der Waals surface area contributed by atoms with Crippen molar-refractivity contribution in [2.24, 2.45) is 0 Å². The van der Waals surface area contributed by atoms with Gasteiger partial charge in [0.05, 0.1) is 24.3 Å². The molecular formula is C14H19FN2O5S2. The van der Waals surface area contributed by atoms with Crippen LogP contribution in [-0.4, -0.2) is 57.4 Å². The Bertz CT molecular complexity index is 806. The molecule has 0 saturated carbocycles. The number of rotatable bonds is 6. The van der Waals surface area contributed by atoms with Crippen molar-refractivity contribution >= 4 is 25.8 Å². The van der Waals surface area contributed by atoms with Gasteiger partial charge >= 0.3 is 0 Å². The van der Waals surface area contributed by atoms with Crippen molar-refractivity contribution in [2.45, 2.75) is 19.0 Å². The lowest BCUT2D eigenvalue weighted by Crippen LogP contribution is -2.46. The van der Waals surface area contributed by atoms with Crippen molar-refractivity contribution in [1.82, 2.24) is 9.62 Å². The Labute approximate surface area is 140 Å². The number of benzene rings is 1. The maximum Gasteiger partial charge on any atom is 0.235 e. The summed E-state index contributed by atoms with van der Waals surface area (Å²) in [6.07, 6.45) is 1.13. The lowest BCUT2D eigenvalue weighted by Gasteiger charge is -2.24. The smallest absolute Gasteiger partial charge is 0.235 e. The lowest BCUT2D eigenvalue weighted by molar-refractivity contribution is -0.121. The number of nitrogens with zero attached hydrogens (tertiary/aromatic N) is 1. The third-order valence-corrected chi connectivity index (χ3v) is 6.77. The first kappa shape index (κ1) is 18.8. The lowest BCUT2D eigenvalue weighted by atomic mass is 10.2. The number of hydrogen-bond acceptors (Lipinski definition) is 5. The van der Waals surface area contributed by atoms with Crippen LogP contribution in [0.15, 0.2) is 24.3 Å². The predicted octanol–water partition coefficient (Wildman–Crippen LogP) is -0.109. The molecule has 1 heterocycles. The van der Waals surface area contributed by atoms with Crippen LogP contribution in [0.3, 0.4) is 0 Å². The summed E-state index contributed by atoms with van der Waals surface area (Å²) >= 11 is 0. The molecule has 1 N–H and O–H groups in total. The molecule has 0 aliphatic carbocycles. The van der Waals surface area contributed by atoms with E-state index in [0.29, 0.717) is 5.56 Å². The summed E-state index contributed by atoms with van der Waals surface area (Å²) in [6, 6.07) is 4.81. The first-order chi connectivity index (χ1) is 11.1. The van der Waals surface area contributed by atoms with Crippen molar-refractivity contribution in [3.8, 4) is 0 Å². The number of amides is 1. The second kappa shape index (κ2) is 7.16. The molecule has 0 bridgehead atoms. The summed E-state index contributed by atoms with van der Waals surface area (Å²) in [5.74, 6) is -1.29. The van der Waals surface area contributed by atoms with E-state index in [0.717, 1.165) is 10.6 Å². The monoisotopic (exact) mass is 378 g/mol. The van der Waals surface area contributed by atoms with Crippen molar-refractivity contribution in [3.63, 3.8) is 0 Å². The number of nitrogens with one attached hydrogen (secondary N) is 1. The van der Waals surface area contributed by atoms with Crippen molar-refractivity contribution in [1.29, 1.82) is 0 Å². The maximum absolute atomic E-state index is 12.8. The summed E-state index contributed by atoms with van der Waals surface area (Å²) in [5, 5.41) is 2.55. The second-order valence-corrected chi connectivity index (χ2v) is 9.93. The minimum Gasteiger partial charge on any atom is -0.351 e. The summed E-state index contributed by atoms with van der Waals surface area (Å²) in [5.41, 5.74) is 0.666. The van der Waals surface area contributed by atoms with Gasteiger partial charge in [-0.3, -0.25) is 4.79 Å². The molecule has 1 unspecified atom stereocenters. The fourth-order valence-electron chi connectivity index (χ4n) is 2.52. The van der Waals surface area contributed by atoms with Gasteiger partial charge in [-0.1, -0.05) is 12.1 Å². The van der Waals surface area contributed by atoms with Gasteiger partial charge in [0.15, 0.2) is 9.84 Å². The van der Waals surface area contributed by atoms with Crippen LogP contribution in [0, 0.1) is 5.82 Å². The van der Waals surface area contributed by atoms with Gasteiger partial charge in [0.25, 0.3) is 0 Å². The molecule has 2 rings (SSSR count). The van der Waals surface area contributed by atoms with Gasteiger partial charge in [-0.15, -0.1) is 0 Å². The molecule has 1 fully saturated rings. The topological polar surface area (TPSA) is 101 Å². The fraction of sp³-hybridized carbons (Fsp3) is 0.500. The van der Waals surface area contributed by atoms with E-state index in [1.165, 1.54) is 24.3 Å². The minimum absolute atomic E-state index is 0.0825. The van der Waals surface area contributed by atoms with Gasteiger partial charge in [0.2, 0.25) is 15.9 Å². The Morgan fingerprint density at radius 3 is 2.46 bits per heavy atom. The number of carbonyl (C=O) groups is 1. The van der Waals surface area contributed by atoms with Crippen molar-refractivity contribution in [2.75, 3.05) is 24.3 Å². The third-order valence-electron chi connectivity index (χ3n) is 3.74. The molecule has 10 heteroatoms. The molecule has 1 saturated heterocycles. The fourth-order valence-corrected chi connectivity index (χ4v) is 5.42. The van der Waals surface area contributed by atoms with Gasteiger partial charge in [-0.25, -0.2) is 21.2 Å². The number of sulfone groups is 1. The minimum atomic E-state index is -3.72.